The van der Waals surface area contributed by atoms with Gasteiger partial charge in [0.1, 0.15) is 11.6 Å². The number of hydrogen-bond donors (Lipinski definition) is 2. The Balaban J connectivity index is 1.19. The number of thiazole rings is 1. The first kappa shape index (κ1) is 21.0. The Bertz CT molecular complexity index is 1370. The van der Waals surface area contributed by atoms with Crippen molar-refractivity contribution in [3.63, 3.8) is 0 Å². The van der Waals surface area contributed by atoms with Gasteiger partial charge in [-0.2, -0.15) is 0 Å². The predicted octanol–water partition coefficient (Wildman–Crippen LogP) is 5.36. The molecule has 8 heteroatoms. The molecular weight excluding hydrogens is 444 g/mol. The number of aromatic nitrogens is 3. The summed E-state index contributed by atoms with van der Waals surface area (Å²) in [6.07, 6.45) is 11.8. The van der Waals surface area contributed by atoms with Crippen molar-refractivity contribution in [1.82, 2.24) is 15.0 Å². The smallest absolute Gasteiger partial charge is 0.257 e. The first-order valence-corrected chi connectivity index (χ1v) is 12.5. The van der Waals surface area contributed by atoms with Gasteiger partial charge in [0.2, 0.25) is 0 Å². The molecule has 3 N–H and O–H groups in total. The van der Waals surface area contributed by atoms with E-state index >= 15 is 0 Å². The highest BCUT2D eigenvalue weighted by molar-refractivity contribution is 7.18. The molecule has 2 fully saturated rings. The largest absolute Gasteiger partial charge is 0.375 e. The van der Waals surface area contributed by atoms with Gasteiger partial charge in [-0.15, -0.1) is 0 Å². The summed E-state index contributed by atoms with van der Waals surface area (Å²) in [6, 6.07) is 11.6. The van der Waals surface area contributed by atoms with Gasteiger partial charge in [0.25, 0.3) is 5.91 Å². The lowest BCUT2D eigenvalue weighted by molar-refractivity contribution is 0.0952. The molecular formula is C26H26N6OS. The van der Waals surface area contributed by atoms with E-state index < -0.39 is 0 Å². The van der Waals surface area contributed by atoms with E-state index in [1.165, 1.54) is 43.4 Å². The van der Waals surface area contributed by atoms with Gasteiger partial charge in [0.05, 0.1) is 4.88 Å². The number of anilines is 3. The van der Waals surface area contributed by atoms with E-state index in [0.717, 1.165) is 40.1 Å². The number of amides is 1. The average Bonchev–Trinajstić information content (AvgIpc) is 3.29. The topological polar surface area (TPSA) is 97.0 Å². The van der Waals surface area contributed by atoms with Crippen LogP contribution in [0.2, 0.25) is 0 Å². The molecule has 6 rings (SSSR count). The van der Waals surface area contributed by atoms with Gasteiger partial charge in [-0.1, -0.05) is 29.9 Å². The lowest BCUT2D eigenvalue weighted by Crippen LogP contribution is -2.43. The first-order chi connectivity index (χ1) is 16.6. The fourth-order valence-electron chi connectivity index (χ4n) is 5.09. The summed E-state index contributed by atoms with van der Waals surface area (Å²) >= 11 is 1.45. The molecule has 2 aliphatic rings. The molecule has 4 aromatic rings. The van der Waals surface area contributed by atoms with Crippen LogP contribution < -0.4 is 16.0 Å². The summed E-state index contributed by atoms with van der Waals surface area (Å²) in [7, 11) is 0. The van der Waals surface area contributed by atoms with Crippen LogP contribution in [0.1, 0.15) is 42.5 Å². The lowest BCUT2D eigenvalue weighted by Gasteiger charge is -2.48. The van der Waals surface area contributed by atoms with Crippen LogP contribution in [-0.4, -0.2) is 33.9 Å². The number of pyridine rings is 2. The summed E-state index contributed by atoms with van der Waals surface area (Å²) in [4.78, 5) is 29.4. The molecule has 1 aliphatic heterocycles. The molecule has 1 spiro atoms. The van der Waals surface area contributed by atoms with Crippen LogP contribution in [0, 0.1) is 5.41 Å². The summed E-state index contributed by atoms with van der Waals surface area (Å²) in [6.45, 7) is 2.02. The molecule has 0 bridgehead atoms. The van der Waals surface area contributed by atoms with Crippen molar-refractivity contribution in [2.24, 2.45) is 5.41 Å². The van der Waals surface area contributed by atoms with Crippen LogP contribution in [0.25, 0.3) is 21.2 Å². The quantitative estimate of drug-likeness (QED) is 0.417. The number of hydrogen-bond acceptors (Lipinski definition) is 7. The van der Waals surface area contributed by atoms with E-state index in [1.54, 1.807) is 24.7 Å². The van der Waals surface area contributed by atoms with Gasteiger partial charge in [-0.25, -0.2) is 15.0 Å². The van der Waals surface area contributed by atoms with Crippen molar-refractivity contribution in [3.8, 4) is 10.4 Å². The molecule has 1 amide bonds. The zero-order chi connectivity index (χ0) is 23.1. The normalized spacial score (nSPS) is 17.0. The lowest BCUT2D eigenvalue weighted by atomic mass is 9.63. The molecule has 1 aliphatic carbocycles. The molecule has 1 aromatic carbocycles. The van der Waals surface area contributed by atoms with Crippen LogP contribution in [-0.2, 0) is 0 Å². The number of benzene rings is 1. The van der Waals surface area contributed by atoms with Gasteiger partial charge in [0, 0.05) is 42.6 Å². The van der Waals surface area contributed by atoms with E-state index in [1.807, 2.05) is 24.3 Å². The van der Waals surface area contributed by atoms with Crippen molar-refractivity contribution in [2.75, 3.05) is 29.0 Å². The number of nitrogens with one attached hydrogen (secondary N) is 1. The van der Waals surface area contributed by atoms with Gasteiger partial charge in [0.15, 0.2) is 5.13 Å². The Morgan fingerprint density at radius 2 is 1.82 bits per heavy atom. The molecule has 1 saturated heterocycles. The summed E-state index contributed by atoms with van der Waals surface area (Å²) in [5.74, 6) is 1.21. The van der Waals surface area contributed by atoms with E-state index in [9.17, 15) is 4.79 Å². The van der Waals surface area contributed by atoms with E-state index in [0.29, 0.717) is 21.9 Å². The number of rotatable bonds is 4. The van der Waals surface area contributed by atoms with Crippen LogP contribution in [0.5, 0.6) is 0 Å². The van der Waals surface area contributed by atoms with E-state index in [-0.39, 0.29) is 5.91 Å². The standard InChI is InChI=1S/C26H26N6OS/c27-25-30-16-21(34-25)17-2-3-19-15-29-22(13-20(19)12-17)31-24(33)18-4-9-28-23(14-18)32-10-7-26(8-11-32)5-1-6-26/h2-4,9,12-16H,1,5-8,10-11H2,(H2,27,30)(H,29,31,33). The minimum Gasteiger partial charge on any atom is -0.375 e. The number of nitrogen functional groups attached to an aromatic ring is 1. The zero-order valence-corrected chi connectivity index (χ0v) is 19.6. The third-order valence-electron chi connectivity index (χ3n) is 7.34. The summed E-state index contributed by atoms with van der Waals surface area (Å²) < 4.78 is 0. The number of nitrogens with zero attached hydrogens (tertiary/aromatic N) is 4. The maximum atomic E-state index is 13.0. The van der Waals surface area contributed by atoms with Gasteiger partial charge < -0.3 is 16.0 Å². The van der Waals surface area contributed by atoms with Crippen LogP contribution in [0.4, 0.5) is 16.8 Å². The van der Waals surface area contributed by atoms with Crippen LogP contribution in [0.3, 0.4) is 0 Å². The maximum absolute atomic E-state index is 13.0. The van der Waals surface area contributed by atoms with E-state index in [4.69, 9.17) is 5.73 Å². The molecule has 172 valence electrons. The minimum absolute atomic E-state index is 0.186. The fraction of sp³-hybridized carbons (Fsp3) is 0.308. The molecule has 1 saturated carbocycles. The second kappa shape index (κ2) is 8.36. The Morgan fingerprint density at radius 3 is 2.56 bits per heavy atom. The molecule has 0 atom stereocenters. The van der Waals surface area contributed by atoms with Crippen molar-refractivity contribution >= 4 is 44.8 Å². The number of piperidine rings is 1. The number of nitrogens with two attached hydrogens (primary N) is 1. The van der Waals surface area contributed by atoms with Gasteiger partial charge in [-0.3, -0.25) is 4.79 Å². The van der Waals surface area contributed by atoms with Crippen LogP contribution >= 0.6 is 11.3 Å². The molecule has 0 radical (unpaired) electrons. The summed E-state index contributed by atoms with van der Waals surface area (Å²) in [5.41, 5.74) is 7.99. The van der Waals surface area contributed by atoms with Crippen molar-refractivity contribution in [2.45, 2.75) is 32.1 Å². The van der Waals surface area contributed by atoms with Crippen molar-refractivity contribution in [3.05, 3.63) is 60.6 Å². The van der Waals surface area contributed by atoms with Gasteiger partial charge >= 0.3 is 0 Å². The van der Waals surface area contributed by atoms with Crippen molar-refractivity contribution < 1.29 is 4.79 Å². The fourth-order valence-corrected chi connectivity index (χ4v) is 5.77. The number of carbonyl (C=O) groups is 1. The molecule has 7 nitrogen and oxygen atoms in total. The highest BCUT2D eigenvalue weighted by Crippen LogP contribution is 2.49. The monoisotopic (exact) mass is 470 g/mol. The Morgan fingerprint density at radius 1 is 0.971 bits per heavy atom. The Labute approximate surface area is 202 Å². The van der Waals surface area contributed by atoms with E-state index in [2.05, 4.69) is 31.2 Å². The molecule has 4 heterocycles. The third-order valence-corrected chi connectivity index (χ3v) is 8.22. The Kier molecular flexibility index (Phi) is 5.17. The maximum Gasteiger partial charge on any atom is 0.257 e. The first-order valence-electron chi connectivity index (χ1n) is 11.7. The summed E-state index contributed by atoms with van der Waals surface area (Å²) in [5, 5.41) is 5.48. The predicted molar refractivity (Wildman–Crippen MR) is 137 cm³/mol. The highest BCUT2D eigenvalue weighted by Gasteiger charge is 2.39. The number of fused-ring (bicyclic) bond motifs is 1. The highest BCUT2D eigenvalue weighted by atomic mass is 32.1. The SMILES string of the molecule is Nc1ncc(-c2ccc3cnc(NC(=O)c4ccnc(N5CCC6(CCC6)CC5)c4)cc3c2)s1. The van der Waals surface area contributed by atoms with Gasteiger partial charge in [-0.05, 0) is 66.3 Å². The molecule has 3 aromatic heterocycles. The Hall–Kier alpha value is -3.52. The van der Waals surface area contributed by atoms with Crippen LogP contribution in [0.15, 0.2) is 55.0 Å². The minimum atomic E-state index is -0.186. The molecule has 0 unspecified atom stereocenters. The third kappa shape index (κ3) is 3.98. The second-order valence-corrected chi connectivity index (χ2v) is 10.5. The zero-order valence-electron chi connectivity index (χ0n) is 18.8. The average molecular weight is 471 g/mol. The second-order valence-electron chi connectivity index (χ2n) is 9.39. The van der Waals surface area contributed by atoms with Crippen molar-refractivity contribution in [1.29, 1.82) is 0 Å². The molecule has 34 heavy (non-hydrogen) atoms. The number of carbonyl (C=O) groups excluding carboxylic acids is 1.